The Bertz CT molecular complexity index is 391. The summed E-state index contributed by atoms with van der Waals surface area (Å²) < 4.78 is 27.1. The van der Waals surface area contributed by atoms with E-state index in [1.165, 1.54) is 18.6 Å². The van der Waals surface area contributed by atoms with Crippen LogP contribution in [0.5, 0.6) is 0 Å². The van der Waals surface area contributed by atoms with Crippen LogP contribution in [0.2, 0.25) is 0 Å². The second kappa shape index (κ2) is 5.02. The van der Waals surface area contributed by atoms with E-state index in [0.717, 1.165) is 25.7 Å². The predicted octanol–water partition coefficient (Wildman–Crippen LogP) is 3.89. The number of rotatable bonds is 2. The predicted molar refractivity (Wildman–Crippen MR) is 67.9 cm³/mol. The Morgan fingerprint density at radius 2 is 1.65 bits per heavy atom. The Labute approximate surface area is 109 Å². The molecule has 0 unspecified atom stereocenters. The molecule has 1 saturated carbocycles. The molecule has 0 saturated heterocycles. The first-order valence-corrected chi connectivity index (χ1v) is 6.73. The molecule has 1 fully saturated rings. The van der Waals surface area contributed by atoms with Gasteiger partial charge in [-0.05, 0) is 46.5 Å². The molecule has 0 aliphatic heterocycles. The van der Waals surface area contributed by atoms with E-state index in [-0.39, 0.29) is 9.89 Å². The molecule has 2 N–H and O–H groups in total. The fourth-order valence-corrected chi connectivity index (χ4v) is 2.93. The maximum atomic E-state index is 13.6. The van der Waals surface area contributed by atoms with Crippen LogP contribution in [0.25, 0.3) is 0 Å². The summed E-state index contributed by atoms with van der Waals surface area (Å²) in [5.41, 5.74) is 6.32. The van der Waals surface area contributed by atoms with Crippen LogP contribution in [0.1, 0.15) is 37.7 Å². The maximum absolute atomic E-state index is 13.6. The van der Waals surface area contributed by atoms with E-state index < -0.39 is 11.6 Å². The zero-order valence-corrected chi connectivity index (χ0v) is 11.2. The van der Waals surface area contributed by atoms with Crippen LogP contribution >= 0.6 is 15.9 Å². The minimum Gasteiger partial charge on any atom is -0.330 e. The quantitative estimate of drug-likeness (QED) is 0.824. The Morgan fingerprint density at radius 3 is 2.12 bits per heavy atom. The highest BCUT2D eigenvalue weighted by Gasteiger charge is 2.33. The first kappa shape index (κ1) is 13.0. The highest BCUT2D eigenvalue weighted by molar-refractivity contribution is 9.10. The van der Waals surface area contributed by atoms with Crippen molar-refractivity contribution in [2.45, 2.75) is 37.5 Å². The standard InChI is InChI=1S/C13H16BrF2N/c14-12-10(15)6-9(7-11(12)16)13(8-17)4-2-1-3-5-13/h6-7H,1-5,8,17H2. The summed E-state index contributed by atoms with van der Waals surface area (Å²) in [5, 5.41) is 0. The number of halogens is 3. The van der Waals surface area contributed by atoms with Crippen LogP contribution in [-0.2, 0) is 5.41 Å². The van der Waals surface area contributed by atoms with E-state index >= 15 is 0 Å². The summed E-state index contributed by atoms with van der Waals surface area (Å²) in [4.78, 5) is 0. The molecule has 2 rings (SSSR count). The van der Waals surface area contributed by atoms with E-state index in [4.69, 9.17) is 5.73 Å². The average molecular weight is 304 g/mol. The van der Waals surface area contributed by atoms with Crippen molar-refractivity contribution in [1.82, 2.24) is 0 Å². The highest BCUT2D eigenvalue weighted by atomic mass is 79.9. The molecular weight excluding hydrogens is 288 g/mol. The Morgan fingerprint density at radius 1 is 1.12 bits per heavy atom. The van der Waals surface area contributed by atoms with E-state index in [9.17, 15) is 8.78 Å². The molecule has 0 heterocycles. The molecule has 94 valence electrons. The number of nitrogens with two attached hydrogens (primary N) is 1. The third-order valence-corrected chi connectivity index (χ3v) is 4.56. The molecule has 1 aromatic rings. The van der Waals surface area contributed by atoms with Gasteiger partial charge in [0.25, 0.3) is 0 Å². The smallest absolute Gasteiger partial charge is 0.140 e. The summed E-state index contributed by atoms with van der Waals surface area (Å²) in [6, 6.07) is 2.84. The first-order valence-electron chi connectivity index (χ1n) is 5.94. The van der Waals surface area contributed by atoms with Crippen molar-refractivity contribution in [3.8, 4) is 0 Å². The topological polar surface area (TPSA) is 26.0 Å². The summed E-state index contributed by atoms with van der Waals surface area (Å²) in [5.74, 6) is -1.09. The molecule has 0 radical (unpaired) electrons. The molecule has 0 atom stereocenters. The van der Waals surface area contributed by atoms with Gasteiger partial charge in [-0.3, -0.25) is 0 Å². The zero-order valence-electron chi connectivity index (χ0n) is 9.61. The fraction of sp³-hybridized carbons (Fsp3) is 0.538. The van der Waals surface area contributed by atoms with Crippen LogP contribution in [0.4, 0.5) is 8.78 Å². The van der Waals surface area contributed by atoms with Crippen molar-refractivity contribution in [3.05, 3.63) is 33.8 Å². The average Bonchev–Trinajstić information content (AvgIpc) is 2.36. The van der Waals surface area contributed by atoms with Crippen LogP contribution in [0.15, 0.2) is 16.6 Å². The molecule has 1 aliphatic rings. The summed E-state index contributed by atoms with van der Waals surface area (Å²) in [7, 11) is 0. The lowest BCUT2D eigenvalue weighted by atomic mass is 9.69. The van der Waals surface area contributed by atoms with Crippen LogP contribution in [-0.4, -0.2) is 6.54 Å². The lowest BCUT2D eigenvalue weighted by molar-refractivity contribution is 0.298. The van der Waals surface area contributed by atoms with Gasteiger partial charge in [0.1, 0.15) is 11.6 Å². The van der Waals surface area contributed by atoms with Gasteiger partial charge in [0.05, 0.1) is 4.47 Å². The fourth-order valence-electron chi connectivity index (χ4n) is 2.70. The normalized spacial score (nSPS) is 19.3. The van der Waals surface area contributed by atoms with Gasteiger partial charge >= 0.3 is 0 Å². The zero-order chi connectivity index (χ0) is 12.5. The van der Waals surface area contributed by atoms with Crippen molar-refractivity contribution < 1.29 is 8.78 Å². The molecule has 17 heavy (non-hydrogen) atoms. The maximum Gasteiger partial charge on any atom is 0.140 e. The van der Waals surface area contributed by atoms with Crippen molar-refractivity contribution in [2.24, 2.45) is 5.73 Å². The highest BCUT2D eigenvalue weighted by Crippen LogP contribution is 2.40. The van der Waals surface area contributed by atoms with Crippen LogP contribution in [0.3, 0.4) is 0 Å². The van der Waals surface area contributed by atoms with Crippen molar-refractivity contribution in [3.63, 3.8) is 0 Å². The summed E-state index contributed by atoms with van der Waals surface area (Å²) in [6.45, 7) is 0.452. The molecule has 0 spiro atoms. The van der Waals surface area contributed by atoms with Gasteiger partial charge in [-0.15, -0.1) is 0 Å². The Balaban J connectivity index is 2.43. The van der Waals surface area contributed by atoms with Gasteiger partial charge in [0.15, 0.2) is 0 Å². The van der Waals surface area contributed by atoms with Crippen molar-refractivity contribution >= 4 is 15.9 Å². The van der Waals surface area contributed by atoms with Gasteiger partial charge < -0.3 is 5.73 Å². The van der Waals surface area contributed by atoms with E-state index in [1.54, 1.807) is 0 Å². The monoisotopic (exact) mass is 303 g/mol. The third kappa shape index (κ3) is 2.38. The van der Waals surface area contributed by atoms with E-state index in [2.05, 4.69) is 15.9 Å². The molecule has 0 bridgehead atoms. The second-order valence-corrected chi connectivity index (χ2v) is 5.59. The molecule has 0 amide bonds. The van der Waals surface area contributed by atoms with Crippen LogP contribution in [0, 0.1) is 11.6 Å². The SMILES string of the molecule is NCC1(c2cc(F)c(Br)c(F)c2)CCCCC1. The van der Waals surface area contributed by atoms with Crippen LogP contribution < -0.4 is 5.73 Å². The molecule has 1 aliphatic carbocycles. The lowest BCUT2D eigenvalue weighted by Crippen LogP contribution is -2.37. The Kier molecular flexibility index (Phi) is 3.83. The second-order valence-electron chi connectivity index (χ2n) is 4.80. The molecular formula is C13H16BrF2N. The molecule has 1 aromatic carbocycles. The lowest BCUT2D eigenvalue weighted by Gasteiger charge is -2.37. The minimum atomic E-state index is -0.543. The van der Waals surface area contributed by atoms with E-state index in [1.807, 2.05) is 0 Å². The third-order valence-electron chi connectivity index (χ3n) is 3.80. The summed E-state index contributed by atoms with van der Waals surface area (Å²) >= 11 is 2.90. The molecule has 4 heteroatoms. The number of benzene rings is 1. The minimum absolute atomic E-state index is 0.0933. The van der Waals surface area contributed by atoms with Crippen molar-refractivity contribution in [2.75, 3.05) is 6.54 Å². The molecule has 1 nitrogen and oxygen atoms in total. The first-order chi connectivity index (χ1) is 8.09. The number of hydrogen-bond acceptors (Lipinski definition) is 1. The van der Waals surface area contributed by atoms with Gasteiger partial charge in [-0.1, -0.05) is 19.3 Å². The Hall–Kier alpha value is -0.480. The summed E-state index contributed by atoms with van der Waals surface area (Å²) in [6.07, 6.45) is 5.18. The molecule has 0 aromatic heterocycles. The van der Waals surface area contributed by atoms with Gasteiger partial charge in [-0.25, -0.2) is 8.78 Å². The van der Waals surface area contributed by atoms with Crippen molar-refractivity contribution in [1.29, 1.82) is 0 Å². The van der Waals surface area contributed by atoms with Gasteiger partial charge in [0, 0.05) is 12.0 Å². The number of hydrogen-bond donors (Lipinski definition) is 1. The van der Waals surface area contributed by atoms with E-state index in [0.29, 0.717) is 12.1 Å². The van der Waals surface area contributed by atoms with Gasteiger partial charge in [-0.2, -0.15) is 0 Å². The van der Waals surface area contributed by atoms with Gasteiger partial charge in [0.2, 0.25) is 0 Å². The largest absolute Gasteiger partial charge is 0.330 e.